The van der Waals surface area contributed by atoms with Gasteiger partial charge in [0.05, 0.1) is 6.10 Å². The Balaban J connectivity index is 4.09. The van der Waals surface area contributed by atoms with Crippen LogP contribution in [0.4, 0.5) is 0 Å². The van der Waals surface area contributed by atoms with E-state index < -0.39 is 24.3 Å². The molecule has 0 aromatic rings. The van der Waals surface area contributed by atoms with Gasteiger partial charge < -0.3 is 19.7 Å². The molecule has 0 saturated carbocycles. The Morgan fingerprint density at radius 1 is 0.952 bits per heavy atom. The van der Waals surface area contributed by atoms with Crippen molar-refractivity contribution in [3.8, 4) is 0 Å². The van der Waals surface area contributed by atoms with Crippen molar-refractivity contribution in [1.29, 1.82) is 0 Å². The number of aliphatic hydroxyl groups is 2. The predicted molar refractivity (Wildman–Crippen MR) is 77.2 cm³/mol. The molecule has 1 atom stereocenters. The lowest BCUT2D eigenvalue weighted by atomic mass is 10.1. The highest BCUT2D eigenvalue weighted by Gasteiger charge is 2.17. The normalized spacial score (nSPS) is 11.8. The third-order valence-electron chi connectivity index (χ3n) is 2.75. The molecule has 0 aliphatic rings. The van der Waals surface area contributed by atoms with Crippen molar-refractivity contribution in [3.63, 3.8) is 0 Å². The van der Waals surface area contributed by atoms with Crippen molar-refractivity contribution >= 4 is 11.9 Å². The Morgan fingerprint density at radius 2 is 1.48 bits per heavy atom. The summed E-state index contributed by atoms with van der Waals surface area (Å²) in [6, 6.07) is 0. The van der Waals surface area contributed by atoms with Gasteiger partial charge in [-0.3, -0.25) is 0 Å². The summed E-state index contributed by atoms with van der Waals surface area (Å²) in [5.41, 5.74) is 0. The first-order chi connectivity index (χ1) is 10.0. The monoisotopic (exact) mass is 300 g/mol. The van der Waals surface area contributed by atoms with Gasteiger partial charge in [0.1, 0.15) is 0 Å². The third kappa shape index (κ3) is 10.8. The van der Waals surface area contributed by atoms with Crippen LogP contribution in [0.1, 0.15) is 38.5 Å². The van der Waals surface area contributed by atoms with Crippen LogP contribution in [0.15, 0.2) is 25.3 Å². The molecule has 0 heterocycles. The molecule has 0 aromatic heterocycles. The van der Waals surface area contributed by atoms with Crippen molar-refractivity contribution in [2.24, 2.45) is 0 Å². The average molecular weight is 300 g/mol. The Morgan fingerprint density at radius 3 is 1.95 bits per heavy atom. The standard InChI is InChI=1S/C15H24O6/c1-3-13(18)20-15(21-14(19)4-2)10-7-9-12(17)8-5-6-11-16/h3-4,12,15-17H,1-2,5-11H2. The Hall–Kier alpha value is -1.66. The van der Waals surface area contributed by atoms with Gasteiger partial charge in [-0.05, 0) is 32.1 Å². The van der Waals surface area contributed by atoms with E-state index in [1.807, 2.05) is 0 Å². The fraction of sp³-hybridized carbons (Fsp3) is 0.600. The number of hydrogen-bond donors (Lipinski definition) is 2. The van der Waals surface area contributed by atoms with E-state index in [1.54, 1.807) is 0 Å². The quantitative estimate of drug-likeness (QED) is 0.245. The molecule has 0 aliphatic carbocycles. The molecule has 6 heteroatoms. The second kappa shape index (κ2) is 12.1. The maximum absolute atomic E-state index is 11.1. The Kier molecular flexibility index (Phi) is 11.2. The molecule has 0 radical (unpaired) electrons. The smallest absolute Gasteiger partial charge is 0.333 e. The van der Waals surface area contributed by atoms with Crippen molar-refractivity contribution < 1.29 is 29.3 Å². The fourth-order valence-electron chi connectivity index (χ4n) is 1.65. The van der Waals surface area contributed by atoms with Crippen LogP contribution >= 0.6 is 0 Å². The van der Waals surface area contributed by atoms with E-state index in [-0.39, 0.29) is 13.0 Å². The van der Waals surface area contributed by atoms with E-state index >= 15 is 0 Å². The molecule has 0 fully saturated rings. The summed E-state index contributed by atoms with van der Waals surface area (Å²) in [5, 5.41) is 18.4. The topological polar surface area (TPSA) is 93.1 Å². The Bertz CT molecular complexity index is 317. The second-order valence-corrected chi connectivity index (χ2v) is 4.52. The van der Waals surface area contributed by atoms with Gasteiger partial charge in [0.2, 0.25) is 6.29 Å². The lowest BCUT2D eigenvalue weighted by molar-refractivity contribution is -0.182. The number of aliphatic hydroxyl groups excluding tert-OH is 2. The first-order valence-corrected chi connectivity index (χ1v) is 6.98. The van der Waals surface area contributed by atoms with E-state index in [4.69, 9.17) is 14.6 Å². The summed E-state index contributed by atoms with van der Waals surface area (Å²) >= 11 is 0. The summed E-state index contributed by atoms with van der Waals surface area (Å²) < 4.78 is 9.78. The summed E-state index contributed by atoms with van der Waals surface area (Å²) in [6.07, 6.45) is 3.80. The van der Waals surface area contributed by atoms with Crippen molar-refractivity contribution in [1.82, 2.24) is 0 Å². The molecule has 21 heavy (non-hydrogen) atoms. The van der Waals surface area contributed by atoms with Crippen LogP contribution in [0.25, 0.3) is 0 Å². The highest BCUT2D eigenvalue weighted by Crippen LogP contribution is 2.13. The largest absolute Gasteiger partial charge is 0.422 e. The third-order valence-corrected chi connectivity index (χ3v) is 2.75. The van der Waals surface area contributed by atoms with Crippen molar-refractivity contribution in [2.45, 2.75) is 50.9 Å². The molecular weight excluding hydrogens is 276 g/mol. The van der Waals surface area contributed by atoms with E-state index in [0.29, 0.717) is 25.7 Å². The SMILES string of the molecule is C=CC(=O)OC(CCCC(O)CCCCO)OC(=O)C=C. The van der Waals surface area contributed by atoms with Gasteiger partial charge in [-0.25, -0.2) is 9.59 Å². The van der Waals surface area contributed by atoms with Gasteiger partial charge in [-0.15, -0.1) is 0 Å². The predicted octanol–water partition coefficient (Wildman–Crippen LogP) is 1.46. The summed E-state index contributed by atoms with van der Waals surface area (Å²) in [4.78, 5) is 22.3. The second-order valence-electron chi connectivity index (χ2n) is 4.52. The van der Waals surface area contributed by atoms with Crippen LogP contribution in [0.2, 0.25) is 0 Å². The van der Waals surface area contributed by atoms with E-state index in [0.717, 1.165) is 18.6 Å². The molecule has 1 unspecified atom stereocenters. The van der Waals surface area contributed by atoms with Crippen LogP contribution in [0, 0.1) is 0 Å². The lowest BCUT2D eigenvalue weighted by Crippen LogP contribution is -2.23. The zero-order chi connectivity index (χ0) is 16.1. The summed E-state index contributed by atoms with van der Waals surface area (Å²) in [7, 11) is 0. The van der Waals surface area contributed by atoms with Gasteiger partial charge in [-0.2, -0.15) is 0 Å². The molecule has 6 nitrogen and oxygen atoms in total. The number of rotatable bonds is 12. The van der Waals surface area contributed by atoms with Crippen LogP contribution in [-0.2, 0) is 19.1 Å². The molecule has 120 valence electrons. The average Bonchev–Trinajstić information content (AvgIpc) is 2.47. The number of ether oxygens (including phenoxy) is 2. The lowest BCUT2D eigenvalue weighted by Gasteiger charge is -2.17. The number of carbonyl (C=O) groups excluding carboxylic acids is 2. The molecule has 0 bridgehead atoms. The molecule has 0 saturated heterocycles. The van der Waals surface area contributed by atoms with E-state index in [9.17, 15) is 14.7 Å². The van der Waals surface area contributed by atoms with Crippen molar-refractivity contribution in [3.05, 3.63) is 25.3 Å². The van der Waals surface area contributed by atoms with Gasteiger partial charge in [-0.1, -0.05) is 13.2 Å². The maximum atomic E-state index is 11.1. The number of esters is 2. The summed E-state index contributed by atoms with van der Waals surface area (Å²) in [5.74, 6) is -1.36. The molecule has 0 aromatic carbocycles. The minimum atomic E-state index is -1.01. The highest BCUT2D eigenvalue weighted by molar-refractivity contribution is 5.82. The van der Waals surface area contributed by atoms with Crippen LogP contribution in [0.5, 0.6) is 0 Å². The molecule has 0 spiro atoms. The van der Waals surface area contributed by atoms with E-state index in [2.05, 4.69) is 13.2 Å². The van der Waals surface area contributed by atoms with Gasteiger partial charge in [0.15, 0.2) is 0 Å². The van der Waals surface area contributed by atoms with Crippen LogP contribution in [-0.4, -0.2) is 41.2 Å². The number of unbranched alkanes of at least 4 members (excludes halogenated alkanes) is 1. The van der Waals surface area contributed by atoms with Gasteiger partial charge in [0.25, 0.3) is 0 Å². The fourth-order valence-corrected chi connectivity index (χ4v) is 1.65. The highest BCUT2D eigenvalue weighted by atomic mass is 16.7. The Labute approximate surface area is 125 Å². The van der Waals surface area contributed by atoms with Crippen LogP contribution in [0.3, 0.4) is 0 Å². The number of carbonyl (C=O) groups is 2. The van der Waals surface area contributed by atoms with Crippen molar-refractivity contribution in [2.75, 3.05) is 6.61 Å². The minimum Gasteiger partial charge on any atom is -0.422 e. The first kappa shape index (κ1) is 19.3. The molecular formula is C15H24O6. The van der Waals surface area contributed by atoms with E-state index in [1.165, 1.54) is 0 Å². The first-order valence-electron chi connectivity index (χ1n) is 6.98. The van der Waals surface area contributed by atoms with Crippen LogP contribution < -0.4 is 0 Å². The molecule has 0 rings (SSSR count). The van der Waals surface area contributed by atoms with Gasteiger partial charge >= 0.3 is 11.9 Å². The molecule has 2 N–H and O–H groups in total. The maximum Gasteiger partial charge on any atom is 0.333 e. The molecule has 0 aliphatic heterocycles. The number of hydrogen-bond acceptors (Lipinski definition) is 6. The summed E-state index contributed by atoms with van der Waals surface area (Å²) in [6.45, 7) is 6.65. The van der Waals surface area contributed by atoms with Gasteiger partial charge in [0, 0.05) is 25.2 Å². The zero-order valence-electron chi connectivity index (χ0n) is 12.2. The minimum absolute atomic E-state index is 0.115. The molecule has 0 amide bonds. The zero-order valence-corrected chi connectivity index (χ0v) is 12.2.